The first-order valence-corrected chi connectivity index (χ1v) is 7.27. The summed E-state index contributed by atoms with van der Waals surface area (Å²) in [4.78, 5) is 22.6. The van der Waals surface area contributed by atoms with Crippen LogP contribution >= 0.6 is 0 Å². The maximum atomic E-state index is 11.5. The Labute approximate surface area is 126 Å². The van der Waals surface area contributed by atoms with Gasteiger partial charge in [-0.2, -0.15) is 0 Å². The highest BCUT2D eigenvalue weighted by atomic mass is 16.1. The summed E-state index contributed by atoms with van der Waals surface area (Å²) in [6, 6.07) is 5.40. The van der Waals surface area contributed by atoms with Crippen molar-refractivity contribution in [3.8, 4) is 0 Å². The summed E-state index contributed by atoms with van der Waals surface area (Å²) in [7, 11) is 0. The molecule has 1 rings (SSSR count). The van der Waals surface area contributed by atoms with E-state index in [4.69, 9.17) is 5.73 Å². The highest BCUT2D eigenvalue weighted by Crippen LogP contribution is 2.10. The van der Waals surface area contributed by atoms with Gasteiger partial charge >= 0.3 is 0 Å². The fraction of sp³-hybridized carbons (Fsp3) is 0.500. The van der Waals surface area contributed by atoms with Crippen LogP contribution < -0.4 is 16.4 Å². The molecule has 0 fully saturated rings. The van der Waals surface area contributed by atoms with Crippen LogP contribution in [0.2, 0.25) is 0 Å². The molecule has 0 aliphatic heterocycles. The van der Waals surface area contributed by atoms with Crippen molar-refractivity contribution in [1.29, 1.82) is 0 Å². The van der Waals surface area contributed by atoms with Crippen LogP contribution in [0.3, 0.4) is 0 Å². The van der Waals surface area contributed by atoms with Crippen LogP contribution in [-0.4, -0.2) is 24.9 Å². The molecule has 0 spiro atoms. The number of primary amides is 1. The highest BCUT2D eigenvalue weighted by molar-refractivity contribution is 5.93. The molecule has 0 unspecified atom stereocenters. The van der Waals surface area contributed by atoms with Crippen LogP contribution in [0.4, 0.5) is 0 Å². The Kier molecular flexibility index (Phi) is 6.88. The van der Waals surface area contributed by atoms with E-state index >= 15 is 0 Å². The lowest BCUT2D eigenvalue weighted by Crippen LogP contribution is -2.30. The van der Waals surface area contributed by atoms with Crippen molar-refractivity contribution in [1.82, 2.24) is 10.6 Å². The fourth-order valence-corrected chi connectivity index (χ4v) is 1.88. The van der Waals surface area contributed by atoms with Gasteiger partial charge in [-0.15, -0.1) is 0 Å². The Hall–Kier alpha value is -1.88. The normalized spacial score (nSPS) is 10.7. The zero-order valence-corrected chi connectivity index (χ0v) is 13.0. The maximum absolute atomic E-state index is 11.5. The topological polar surface area (TPSA) is 84.2 Å². The van der Waals surface area contributed by atoms with E-state index in [9.17, 15) is 9.59 Å². The second-order valence-electron chi connectivity index (χ2n) is 5.63. The molecular weight excluding hydrogens is 266 g/mol. The molecule has 116 valence electrons. The van der Waals surface area contributed by atoms with Crippen molar-refractivity contribution < 1.29 is 9.59 Å². The van der Waals surface area contributed by atoms with Crippen molar-refractivity contribution in [3.63, 3.8) is 0 Å². The average Bonchev–Trinajstić information content (AvgIpc) is 2.42. The van der Waals surface area contributed by atoms with E-state index < -0.39 is 5.91 Å². The fourth-order valence-electron chi connectivity index (χ4n) is 1.88. The summed E-state index contributed by atoms with van der Waals surface area (Å²) < 4.78 is 0. The van der Waals surface area contributed by atoms with E-state index in [2.05, 4.69) is 24.5 Å². The molecule has 0 heterocycles. The molecular formula is C16H25N3O2. The number of carbonyl (C=O) groups is 2. The van der Waals surface area contributed by atoms with E-state index in [1.54, 1.807) is 12.1 Å². The molecule has 21 heavy (non-hydrogen) atoms. The highest BCUT2D eigenvalue weighted by Gasteiger charge is 2.05. The van der Waals surface area contributed by atoms with Crippen LogP contribution in [0.25, 0.3) is 0 Å². The van der Waals surface area contributed by atoms with Crippen molar-refractivity contribution in [2.45, 2.75) is 33.7 Å². The SMILES string of the molecule is Cc1cc(C(N)=O)ccc1CNCCC(=O)NCC(C)C. The van der Waals surface area contributed by atoms with Crippen molar-refractivity contribution in [2.24, 2.45) is 11.7 Å². The number of benzene rings is 1. The van der Waals surface area contributed by atoms with Gasteiger partial charge in [0, 0.05) is 31.6 Å². The monoisotopic (exact) mass is 291 g/mol. The third-order valence-electron chi connectivity index (χ3n) is 3.18. The number of nitrogens with two attached hydrogens (primary N) is 1. The van der Waals surface area contributed by atoms with E-state index in [-0.39, 0.29) is 5.91 Å². The quantitative estimate of drug-likeness (QED) is 0.632. The zero-order chi connectivity index (χ0) is 15.8. The Morgan fingerprint density at radius 1 is 1.29 bits per heavy atom. The standard InChI is InChI=1S/C16H25N3O2/c1-11(2)9-19-15(20)6-7-18-10-14-5-4-13(16(17)21)8-12(14)3/h4-5,8,11,18H,6-7,9-10H2,1-3H3,(H2,17,21)(H,19,20). The van der Waals surface area contributed by atoms with Gasteiger partial charge < -0.3 is 16.4 Å². The van der Waals surface area contributed by atoms with Gasteiger partial charge in [-0.05, 0) is 36.1 Å². The van der Waals surface area contributed by atoms with Crippen LogP contribution in [0, 0.1) is 12.8 Å². The first-order valence-electron chi connectivity index (χ1n) is 7.27. The van der Waals surface area contributed by atoms with E-state index in [0.29, 0.717) is 37.5 Å². The lowest BCUT2D eigenvalue weighted by atomic mass is 10.0. The van der Waals surface area contributed by atoms with Gasteiger partial charge in [0.15, 0.2) is 0 Å². The summed E-state index contributed by atoms with van der Waals surface area (Å²) in [5, 5.41) is 6.11. The van der Waals surface area contributed by atoms with Gasteiger partial charge in [-0.3, -0.25) is 9.59 Å². The third kappa shape index (κ3) is 6.40. The van der Waals surface area contributed by atoms with Crippen molar-refractivity contribution in [2.75, 3.05) is 13.1 Å². The van der Waals surface area contributed by atoms with Crippen LogP contribution in [-0.2, 0) is 11.3 Å². The molecule has 0 radical (unpaired) electrons. The van der Waals surface area contributed by atoms with Crippen LogP contribution in [0.1, 0.15) is 41.8 Å². The third-order valence-corrected chi connectivity index (χ3v) is 3.18. The lowest BCUT2D eigenvalue weighted by molar-refractivity contribution is -0.121. The van der Waals surface area contributed by atoms with Gasteiger partial charge in [0.05, 0.1) is 0 Å². The zero-order valence-electron chi connectivity index (χ0n) is 13.0. The lowest BCUT2D eigenvalue weighted by Gasteiger charge is -2.10. The minimum Gasteiger partial charge on any atom is -0.366 e. The summed E-state index contributed by atoms with van der Waals surface area (Å²) in [6.45, 7) is 8.09. The number of nitrogens with one attached hydrogen (secondary N) is 2. The molecule has 0 saturated carbocycles. The molecule has 0 aromatic heterocycles. The summed E-state index contributed by atoms with van der Waals surface area (Å²) in [5.41, 5.74) is 7.87. The average molecular weight is 291 g/mol. The predicted molar refractivity (Wildman–Crippen MR) is 83.9 cm³/mol. The van der Waals surface area contributed by atoms with E-state index in [1.807, 2.05) is 13.0 Å². The maximum Gasteiger partial charge on any atom is 0.248 e. The molecule has 4 N–H and O–H groups in total. The molecule has 0 aliphatic rings. The van der Waals surface area contributed by atoms with E-state index in [0.717, 1.165) is 11.1 Å². The largest absolute Gasteiger partial charge is 0.366 e. The number of rotatable bonds is 8. The predicted octanol–water partition coefficient (Wildman–Crippen LogP) is 1.35. The molecule has 1 aromatic rings. The number of aryl methyl sites for hydroxylation is 1. The van der Waals surface area contributed by atoms with Gasteiger partial charge in [0.25, 0.3) is 0 Å². The molecule has 2 amide bonds. The number of amides is 2. The van der Waals surface area contributed by atoms with Gasteiger partial charge in [-0.1, -0.05) is 19.9 Å². The first kappa shape index (κ1) is 17.2. The molecule has 5 nitrogen and oxygen atoms in total. The summed E-state index contributed by atoms with van der Waals surface area (Å²) >= 11 is 0. The van der Waals surface area contributed by atoms with E-state index in [1.165, 1.54) is 0 Å². The minimum atomic E-state index is -0.417. The Morgan fingerprint density at radius 2 is 2.00 bits per heavy atom. The minimum absolute atomic E-state index is 0.0667. The molecule has 0 atom stereocenters. The second-order valence-corrected chi connectivity index (χ2v) is 5.63. The Bertz CT molecular complexity index is 498. The van der Waals surface area contributed by atoms with Gasteiger partial charge in [0.2, 0.25) is 11.8 Å². The molecule has 5 heteroatoms. The Morgan fingerprint density at radius 3 is 2.57 bits per heavy atom. The number of hydrogen-bond donors (Lipinski definition) is 3. The first-order chi connectivity index (χ1) is 9.90. The van der Waals surface area contributed by atoms with Gasteiger partial charge in [0.1, 0.15) is 0 Å². The summed E-state index contributed by atoms with van der Waals surface area (Å²) in [6.07, 6.45) is 0.463. The second kappa shape index (κ2) is 8.42. The van der Waals surface area contributed by atoms with Crippen molar-refractivity contribution in [3.05, 3.63) is 34.9 Å². The van der Waals surface area contributed by atoms with Crippen LogP contribution in [0.5, 0.6) is 0 Å². The van der Waals surface area contributed by atoms with Crippen molar-refractivity contribution >= 4 is 11.8 Å². The Balaban J connectivity index is 2.33. The van der Waals surface area contributed by atoms with Crippen LogP contribution in [0.15, 0.2) is 18.2 Å². The number of hydrogen-bond acceptors (Lipinski definition) is 3. The molecule has 1 aromatic carbocycles. The smallest absolute Gasteiger partial charge is 0.248 e. The number of carbonyl (C=O) groups excluding carboxylic acids is 2. The molecule has 0 saturated heterocycles. The molecule has 0 bridgehead atoms. The van der Waals surface area contributed by atoms with Gasteiger partial charge in [-0.25, -0.2) is 0 Å². The molecule has 0 aliphatic carbocycles. The summed E-state index contributed by atoms with van der Waals surface area (Å²) in [5.74, 6) is 0.116.